The van der Waals surface area contributed by atoms with Crippen molar-refractivity contribution in [2.24, 2.45) is 0 Å². The lowest BCUT2D eigenvalue weighted by atomic mass is 10.2. The van der Waals surface area contributed by atoms with Crippen LogP contribution in [0.25, 0.3) is 11.2 Å². The lowest BCUT2D eigenvalue weighted by molar-refractivity contribution is 0.0670. The van der Waals surface area contributed by atoms with Crippen molar-refractivity contribution in [3.8, 4) is 0 Å². The Labute approximate surface area is 151 Å². The summed E-state index contributed by atoms with van der Waals surface area (Å²) in [6.07, 6.45) is 5.55. The van der Waals surface area contributed by atoms with E-state index in [1.165, 1.54) is 6.33 Å². The van der Waals surface area contributed by atoms with Crippen molar-refractivity contribution < 1.29 is 18.7 Å². The molecule has 1 aliphatic rings. The second-order valence-corrected chi connectivity index (χ2v) is 8.44. The van der Waals surface area contributed by atoms with E-state index in [1.807, 2.05) is 11.5 Å². The molecule has 25 heavy (non-hydrogen) atoms. The summed E-state index contributed by atoms with van der Waals surface area (Å²) in [5, 5.41) is 0.331. The van der Waals surface area contributed by atoms with E-state index in [2.05, 4.69) is 15.0 Å². The number of fused-ring (bicyclic) bond motifs is 1. The number of nitrogens with zero attached hydrogens (tertiary/aromatic N) is 4. The Balaban J connectivity index is 1.60. The van der Waals surface area contributed by atoms with Gasteiger partial charge in [0, 0.05) is 6.04 Å². The molecule has 0 bridgehead atoms. The van der Waals surface area contributed by atoms with E-state index in [1.54, 1.807) is 13.3 Å². The summed E-state index contributed by atoms with van der Waals surface area (Å²) in [5.74, 6) is 0. The van der Waals surface area contributed by atoms with Gasteiger partial charge in [-0.25, -0.2) is 15.0 Å². The van der Waals surface area contributed by atoms with Crippen molar-refractivity contribution in [1.29, 1.82) is 0 Å². The number of aromatic nitrogens is 4. The molecule has 1 fully saturated rings. The van der Waals surface area contributed by atoms with E-state index in [4.69, 9.17) is 20.9 Å². The standard InChI is InChI=1S/C15H22ClN4O4P/c1-3-10(2)24-25(21,22)9-23-12-5-4-11(6-12)20-8-19-13-14(16)17-7-18-15(13)20/h7-8,10-12H,3-6,9H2,1-2H3,(H,21,22). The van der Waals surface area contributed by atoms with E-state index >= 15 is 0 Å². The Morgan fingerprint density at radius 2 is 2.24 bits per heavy atom. The Hall–Kier alpha value is -1.05. The zero-order chi connectivity index (χ0) is 18.0. The summed E-state index contributed by atoms with van der Waals surface area (Å²) in [5.41, 5.74) is 1.27. The SMILES string of the molecule is CCC(C)OP(=O)(O)COC1CCC(n2cnc3c(Cl)ncnc32)C1. The molecule has 8 nitrogen and oxygen atoms in total. The fourth-order valence-electron chi connectivity index (χ4n) is 3.00. The van der Waals surface area contributed by atoms with Gasteiger partial charge in [-0.3, -0.25) is 4.57 Å². The van der Waals surface area contributed by atoms with Crippen molar-refractivity contribution in [2.75, 3.05) is 6.35 Å². The molecule has 10 heteroatoms. The number of halogens is 1. The fraction of sp³-hybridized carbons (Fsp3) is 0.667. The molecule has 1 aliphatic carbocycles. The summed E-state index contributed by atoms with van der Waals surface area (Å²) >= 11 is 6.03. The van der Waals surface area contributed by atoms with Gasteiger partial charge in [-0.2, -0.15) is 0 Å². The van der Waals surface area contributed by atoms with Crippen LogP contribution in [-0.4, -0.2) is 43.0 Å². The fourth-order valence-corrected chi connectivity index (χ4v) is 4.35. The molecule has 0 aromatic carbocycles. The zero-order valence-electron chi connectivity index (χ0n) is 14.2. The van der Waals surface area contributed by atoms with Crippen LogP contribution in [0.2, 0.25) is 5.15 Å². The first-order valence-corrected chi connectivity index (χ1v) is 10.5. The second-order valence-electron chi connectivity index (χ2n) is 6.33. The zero-order valence-corrected chi connectivity index (χ0v) is 15.9. The number of imidazole rings is 1. The maximum absolute atomic E-state index is 12.0. The lowest BCUT2D eigenvalue weighted by Gasteiger charge is -2.19. The molecule has 4 atom stereocenters. The molecular weight excluding hydrogens is 367 g/mol. The summed E-state index contributed by atoms with van der Waals surface area (Å²) in [6.45, 7) is 3.67. The molecule has 138 valence electrons. The maximum atomic E-state index is 12.0. The smallest absolute Gasteiger partial charge is 0.353 e. The average molecular weight is 389 g/mol. The van der Waals surface area contributed by atoms with E-state index < -0.39 is 7.60 Å². The molecule has 3 rings (SSSR count). The quantitative estimate of drug-likeness (QED) is 0.571. The van der Waals surface area contributed by atoms with Gasteiger partial charge < -0.3 is 18.7 Å². The predicted molar refractivity (Wildman–Crippen MR) is 93.6 cm³/mol. The highest BCUT2D eigenvalue weighted by Gasteiger charge is 2.31. The third kappa shape index (κ3) is 4.38. The second kappa shape index (κ2) is 7.68. The van der Waals surface area contributed by atoms with Crippen LogP contribution in [0, 0.1) is 0 Å². The van der Waals surface area contributed by atoms with Gasteiger partial charge in [-0.1, -0.05) is 18.5 Å². The Morgan fingerprint density at radius 1 is 1.44 bits per heavy atom. The minimum absolute atomic E-state index is 0.0965. The van der Waals surface area contributed by atoms with Gasteiger partial charge in [0.25, 0.3) is 0 Å². The summed E-state index contributed by atoms with van der Waals surface area (Å²) in [7, 11) is -3.72. The lowest BCUT2D eigenvalue weighted by Crippen LogP contribution is -2.14. The molecule has 0 amide bonds. The summed E-state index contributed by atoms with van der Waals surface area (Å²) in [6, 6.07) is 0.162. The maximum Gasteiger partial charge on any atom is 0.353 e. The molecule has 0 aliphatic heterocycles. The predicted octanol–water partition coefficient (Wildman–Crippen LogP) is 3.55. The molecule has 2 aromatic heterocycles. The minimum Gasteiger partial charge on any atom is -0.366 e. The van der Waals surface area contributed by atoms with Crippen LogP contribution in [0.1, 0.15) is 45.6 Å². The first-order chi connectivity index (χ1) is 11.9. The molecule has 2 aromatic rings. The Bertz CT molecular complexity index is 786. The Kier molecular flexibility index (Phi) is 5.75. The molecule has 1 N–H and O–H groups in total. The van der Waals surface area contributed by atoms with Gasteiger partial charge in [0.15, 0.2) is 10.8 Å². The Morgan fingerprint density at radius 3 is 3.00 bits per heavy atom. The highest BCUT2D eigenvalue weighted by Crippen LogP contribution is 2.45. The van der Waals surface area contributed by atoms with E-state index in [-0.39, 0.29) is 24.6 Å². The van der Waals surface area contributed by atoms with Crippen molar-refractivity contribution in [2.45, 2.75) is 57.8 Å². The summed E-state index contributed by atoms with van der Waals surface area (Å²) < 4.78 is 24.8. The monoisotopic (exact) mass is 388 g/mol. The molecule has 1 saturated carbocycles. The van der Waals surface area contributed by atoms with Crippen molar-refractivity contribution in [3.63, 3.8) is 0 Å². The molecule has 4 unspecified atom stereocenters. The average Bonchev–Trinajstić information content (AvgIpc) is 3.19. The van der Waals surface area contributed by atoms with Gasteiger partial charge in [0.2, 0.25) is 0 Å². The van der Waals surface area contributed by atoms with Crippen molar-refractivity contribution in [3.05, 3.63) is 17.8 Å². The van der Waals surface area contributed by atoms with E-state index in [0.29, 0.717) is 22.7 Å². The first-order valence-electron chi connectivity index (χ1n) is 8.34. The number of ether oxygens (including phenoxy) is 1. The third-order valence-corrected chi connectivity index (χ3v) is 5.90. The number of rotatable bonds is 7. The van der Waals surface area contributed by atoms with Crippen LogP contribution in [0.3, 0.4) is 0 Å². The molecule has 0 saturated heterocycles. The van der Waals surface area contributed by atoms with Gasteiger partial charge in [0.1, 0.15) is 18.2 Å². The third-order valence-electron chi connectivity index (χ3n) is 4.46. The molecule has 0 radical (unpaired) electrons. The normalized spacial score (nSPS) is 24.5. The first kappa shape index (κ1) is 18.7. The topological polar surface area (TPSA) is 99.4 Å². The van der Waals surface area contributed by atoms with Crippen LogP contribution in [-0.2, 0) is 13.8 Å². The van der Waals surface area contributed by atoms with Crippen LogP contribution in [0.15, 0.2) is 12.7 Å². The highest BCUT2D eigenvalue weighted by atomic mass is 35.5. The van der Waals surface area contributed by atoms with Crippen LogP contribution >= 0.6 is 19.2 Å². The molecular formula is C15H22ClN4O4P. The minimum atomic E-state index is -3.72. The van der Waals surface area contributed by atoms with Crippen LogP contribution in [0.4, 0.5) is 0 Å². The molecule has 0 spiro atoms. The van der Waals surface area contributed by atoms with Crippen molar-refractivity contribution in [1.82, 2.24) is 19.5 Å². The number of hydrogen-bond acceptors (Lipinski definition) is 6. The molecule has 2 heterocycles. The van der Waals surface area contributed by atoms with Crippen molar-refractivity contribution >= 4 is 30.4 Å². The summed E-state index contributed by atoms with van der Waals surface area (Å²) in [4.78, 5) is 22.3. The highest BCUT2D eigenvalue weighted by molar-refractivity contribution is 7.52. The van der Waals surface area contributed by atoms with Gasteiger partial charge in [-0.05, 0) is 32.6 Å². The number of hydrogen-bond donors (Lipinski definition) is 1. The van der Waals surface area contributed by atoms with Gasteiger partial charge in [-0.15, -0.1) is 0 Å². The van der Waals surface area contributed by atoms with Crippen LogP contribution < -0.4 is 0 Å². The van der Waals surface area contributed by atoms with Crippen LogP contribution in [0.5, 0.6) is 0 Å². The van der Waals surface area contributed by atoms with E-state index in [9.17, 15) is 9.46 Å². The van der Waals surface area contributed by atoms with E-state index in [0.717, 1.165) is 19.3 Å². The van der Waals surface area contributed by atoms with Gasteiger partial charge >= 0.3 is 7.60 Å². The largest absolute Gasteiger partial charge is 0.366 e. The van der Waals surface area contributed by atoms with Gasteiger partial charge in [0.05, 0.1) is 18.5 Å².